The van der Waals surface area contributed by atoms with Crippen molar-refractivity contribution in [1.82, 2.24) is 14.7 Å². The van der Waals surface area contributed by atoms with Crippen molar-refractivity contribution < 1.29 is 9.53 Å². The molecule has 1 N–H and O–H groups in total. The highest BCUT2D eigenvalue weighted by molar-refractivity contribution is 7.98. The summed E-state index contributed by atoms with van der Waals surface area (Å²) in [5.74, 6) is 0.651. The Balaban J connectivity index is 1.62. The normalized spacial score (nSPS) is 11.2. The van der Waals surface area contributed by atoms with Crippen molar-refractivity contribution in [1.29, 1.82) is 0 Å². The molecule has 0 bridgehead atoms. The van der Waals surface area contributed by atoms with Gasteiger partial charge in [-0.2, -0.15) is 5.10 Å². The molecule has 0 fully saturated rings. The largest absolute Gasteiger partial charge is 0.497 e. The van der Waals surface area contributed by atoms with Crippen LogP contribution in [0, 0.1) is 0 Å². The van der Waals surface area contributed by atoms with E-state index < -0.39 is 0 Å². The first-order valence-electron chi connectivity index (χ1n) is 11.0. The Morgan fingerprint density at radius 3 is 2.80 bits per heavy atom. The summed E-state index contributed by atoms with van der Waals surface area (Å²) < 4.78 is 11.7. The molecule has 0 saturated carbocycles. The number of halogens is 1. The Bertz CT molecular complexity index is 1370. The van der Waals surface area contributed by atoms with E-state index >= 15 is 0 Å². The van der Waals surface area contributed by atoms with Gasteiger partial charge in [-0.05, 0) is 41.5 Å². The van der Waals surface area contributed by atoms with Gasteiger partial charge in [0.25, 0.3) is 0 Å². The molecule has 0 atom stereocenters. The molecule has 4 aromatic rings. The standard InChI is InChI=1S/C26H26ClN5O2S/c1-31(2)17-28-35-25-14-20(29-26(33)12-19-8-4-5-10-23(19)27)13-24-22(25)16-32(30-24)15-18-7-6-9-21(11-18)34-3/h4-11,13-14,16-17H,12,15H2,1-3H3,(H,29,33)/b28-17+. The van der Waals surface area contributed by atoms with E-state index in [9.17, 15) is 4.79 Å². The minimum atomic E-state index is -0.152. The van der Waals surface area contributed by atoms with Crippen LogP contribution < -0.4 is 10.1 Å². The van der Waals surface area contributed by atoms with Crippen LogP contribution in [-0.2, 0) is 17.8 Å². The monoisotopic (exact) mass is 507 g/mol. The lowest BCUT2D eigenvalue weighted by Crippen LogP contribution is -2.14. The molecule has 0 saturated heterocycles. The third kappa shape index (κ3) is 6.55. The Hall–Kier alpha value is -3.49. The van der Waals surface area contributed by atoms with Gasteiger partial charge in [0, 0.05) is 53.2 Å². The molecule has 0 aliphatic carbocycles. The summed E-state index contributed by atoms with van der Waals surface area (Å²) in [5.41, 5.74) is 3.28. The first-order chi connectivity index (χ1) is 16.9. The Morgan fingerprint density at radius 1 is 1.20 bits per heavy atom. The molecule has 0 radical (unpaired) electrons. The summed E-state index contributed by atoms with van der Waals surface area (Å²) in [6.07, 6.45) is 3.92. The van der Waals surface area contributed by atoms with Crippen LogP contribution in [0.15, 0.2) is 76.2 Å². The van der Waals surface area contributed by atoms with Crippen molar-refractivity contribution >= 4 is 52.4 Å². The molecule has 0 unspecified atom stereocenters. The number of fused-ring (bicyclic) bond motifs is 1. The fourth-order valence-electron chi connectivity index (χ4n) is 3.52. The molecular weight excluding hydrogens is 482 g/mol. The summed E-state index contributed by atoms with van der Waals surface area (Å²) in [6.45, 7) is 0.588. The summed E-state index contributed by atoms with van der Waals surface area (Å²) in [6, 6.07) is 19.0. The zero-order valence-electron chi connectivity index (χ0n) is 19.7. The van der Waals surface area contributed by atoms with Gasteiger partial charge in [-0.15, -0.1) is 0 Å². The van der Waals surface area contributed by atoms with E-state index in [-0.39, 0.29) is 12.3 Å². The smallest absolute Gasteiger partial charge is 0.228 e. The molecule has 0 aliphatic rings. The third-order valence-electron chi connectivity index (χ3n) is 5.13. The molecule has 1 aromatic heterocycles. The van der Waals surface area contributed by atoms with Gasteiger partial charge in [0.05, 0.1) is 31.9 Å². The number of anilines is 1. The number of rotatable bonds is 9. The topological polar surface area (TPSA) is 71.8 Å². The quantitative estimate of drug-likeness (QED) is 0.183. The number of hydrogen-bond donors (Lipinski definition) is 1. The summed E-state index contributed by atoms with van der Waals surface area (Å²) in [5, 5.41) is 9.27. The van der Waals surface area contributed by atoms with Gasteiger partial charge in [-0.1, -0.05) is 41.9 Å². The van der Waals surface area contributed by atoms with Crippen molar-refractivity contribution in [3.05, 3.63) is 83.0 Å². The predicted octanol–water partition coefficient (Wildman–Crippen LogP) is 5.52. The number of hydrogen-bond acceptors (Lipinski definition) is 5. The van der Waals surface area contributed by atoms with E-state index in [1.807, 2.05) is 84.5 Å². The predicted molar refractivity (Wildman–Crippen MR) is 144 cm³/mol. The van der Waals surface area contributed by atoms with Crippen LogP contribution in [0.2, 0.25) is 5.02 Å². The number of carbonyl (C=O) groups is 1. The van der Waals surface area contributed by atoms with Gasteiger partial charge in [0.2, 0.25) is 5.91 Å². The molecule has 7 nitrogen and oxygen atoms in total. The van der Waals surface area contributed by atoms with Crippen LogP contribution in [-0.4, -0.2) is 48.1 Å². The lowest BCUT2D eigenvalue weighted by molar-refractivity contribution is -0.115. The van der Waals surface area contributed by atoms with Crippen LogP contribution in [0.25, 0.3) is 10.9 Å². The number of aromatic nitrogens is 2. The van der Waals surface area contributed by atoms with Crippen molar-refractivity contribution in [2.24, 2.45) is 4.40 Å². The molecule has 0 aliphatic heterocycles. The van der Waals surface area contributed by atoms with E-state index in [0.29, 0.717) is 17.3 Å². The van der Waals surface area contributed by atoms with E-state index in [0.717, 1.165) is 32.7 Å². The number of nitrogens with one attached hydrogen (secondary N) is 1. The van der Waals surface area contributed by atoms with Gasteiger partial charge >= 0.3 is 0 Å². The van der Waals surface area contributed by atoms with Crippen LogP contribution >= 0.6 is 23.5 Å². The number of benzene rings is 3. The number of amides is 1. The second-order valence-electron chi connectivity index (χ2n) is 8.18. The molecule has 9 heteroatoms. The first-order valence-corrected chi connectivity index (χ1v) is 12.1. The minimum Gasteiger partial charge on any atom is -0.497 e. The average molecular weight is 508 g/mol. The van der Waals surface area contributed by atoms with Gasteiger partial charge in [-0.25, -0.2) is 4.40 Å². The second-order valence-corrected chi connectivity index (χ2v) is 9.42. The van der Waals surface area contributed by atoms with E-state index in [1.165, 1.54) is 11.9 Å². The summed E-state index contributed by atoms with van der Waals surface area (Å²) in [7, 11) is 5.48. The fourth-order valence-corrected chi connectivity index (χ4v) is 4.51. The van der Waals surface area contributed by atoms with Crippen molar-refractivity contribution in [3.63, 3.8) is 0 Å². The molecule has 4 rings (SSSR count). The molecule has 3 aromatic carbocycles. The SMILES string of the molecule is COc1cccc(Cn2cc3c(S/N=C/N(C)C)cc(NC(=O)Cc4ccccc4Cl)cc3n2)c1. The van der Waals surface area contributed by atoms with Crippen molar-refractivity contribution in [3.8, 4) is 5.75 Å². The number of carbonyl (C=O) groups excluding carboxylic acids is 1. The highest BCUT2D eigenvalue weighted by Gasteiger charge is 2.13. The maximum atomic E-state index is 12.7. The van der Waals surface area contributed by atoms with Crippen molar-refractivity contribution in [2.45, 2.75) is 17.9 Å². The molecular formula is C26H26ClN5O2S. The Labute approximate surface area is 213 Å². The molecule has 180 valence electrons. The van der Waals surface area contributed by atoms with Crippen molar-refractivity contribution in [2.75, 3.05) is 26.5 Å². The van der Waals surface area contributed by atoms with Gasteiger partial charge in [-0.3, -0.25) is 9.48 Å². The third-order valence-corrected chi connectivity index (χ3v) is 6.24. The molecule has 1 amide bonds. The maximum Gasteiger partial charge on any atom is 0.228 e. The van der Waals surface area contributed by atoms with E-state index in [2.05, 4.69) is 9.71 Å². The van der Waals surface area contributed by atoms with E-state index in [4.69, 9.17) is 21.4 Å². The summed E-state index contributed by atoms with van der Waals surface area (Å²) in [4.78, 5) is 15.5. The van der Waals surface area contributed by atoms with Gasteiger partial charge in [0.1, 0.15) is 5.75 Å². The number of methoxy groups -OCH3 is 1. The first kappa shape index (κ1) is 24.6. The summed E-state index contributed by atoms with van der Waals surface area (Å²) >= 11 is 7.56. The average Bonchev–Trinajstić information content (AvgIpc) is 3.23. The van der Waals surface area contributed by atoms with E-state index in [1.54, 1.807) is 19.5 Å². The number of ether oxygens (including phenoxy) is 1. The highest BCUT2D eigenvalue weighted by atomic mass is 35.5. The second kappa shape index (κ2) is 11.3. The Morgan fingerprint density at radius 2 is 2.03 bits per heavy atom. The van der Waals surface area contributed by atoms with Gasteiger partial charge < -0.3 is 15.0 Å². The Kier molecular flexibility index (Phi) is 7.94. The fraction of sp³-hybridized carbons (Fsp3) is 0.192. The highest BCUT2D eigenvalue weighted by Crippen LogP contribution is 2.32. The van der Waals surface area contributed by atoms with Crippen LogP contribution in [0.1, 0.15) is 11.1 Å². The molecule has 0 spiro atoms. The number of nitrogens with zero attached hydrogens (tertiary/aromatic N) is 4. The molecule has 35 heavy (non-hydrogen) atoms. The van der Waals surface area contributed by atoms with Crippen LogP contribution in [0.4, 0.5) is 5.69 Å². The lowest BCUT2D eigenvalue weighted by Gasteiger charge is -2.08. The lowest BCUT2D eigenvalue weighted by atomic mass is 10.1. The zero-order chi connectivity index (χ0) is 24.8. The zero-order valence-corrected chi connectivity index (χ0v) is 21.3. The van der Waals surface area contributed by atoms with Crippen LogP contribution in [0.5, 0.6) is 5.75 Å². The van der Waals surface area contributed by atoms with Crippen LogP contribution in [0.3, 0.4) is 0 Å². The minimum absolute atomic E-state index is 0.152. The van der Waals surface area contributed by atoms with Gasteiger partial charge in [0.15, 0.2) is 0 Å². The molecule has 1 heterocycles. The maximum absolute atomic E-state index is 12.7.